The van der Waals surface area contributed by atoms with Crippen molar-refractivity contribution in [2.45, 2.75) is 34.6 Å². The summed E-state index contributed by atoms with van der Waals surface area (Å²) in [5, 5.41) is 3.39. The minimum Gasteiger partial charge on any atom is -0.349 e. The Hall–Kier alpha value is -0.930. The van der Waals surface area contributed by atoms with Gasteiger partial charge in [-0.1, -0.05) is 43.8 Å². The van der Waals surface area contributed by atoms with E-state index in [0.717, 1.165) is 30.3 Å². The van der Waals surface area contributed by atoms with Gasteiger partial charge in [0.05, 0.1) is 4.99 Å². The molecule has 0 atom stereocenters. The van der Waals surface area contributed by atoms with E-state index in [0.29, 0.717) is 0 Å². The zero-order valence-corrected chi connectivity index (χ0v) is 12.9. The van der Waals surface area contributed by atoms with E-state index < -0.39 is 0 Å². The molecule has 0 aromatic heterocycles. The molecule has 1 N–H and O–H groups in total. The SMILES string of the molecule is CCN(CC)CC(=S)Nc1c(C)cc(C)cc1C. The lowest BCUT2D eigenvalue weighted by Gasteiger charge is -2.21. The van der Waals surface area contributed by atoms with Crippen LogP contribution in [0.4, 0.5) is 5.69 Å². The highest BCUT2D eigenvalue weighted by Gasteiger charge is 2.08. The van der Waals surface area contributed by atoms with Gasteiger partial charge in [-0.05, 0) is 45.0 Å². The third-order valence-electron chi connectivity index (χ3n) is 3.20. The zero-order valence-electron chi connectivity index (χ0n) is 12.1. The Balaban J connectivity index is 2.76. The van der Waals surface area contributed by atoms with Gasteiger partial charge in [-0.25, -0.2) is 0 Å². The van der Waals surface area contributed by atoms with E-state index >= 15 is 0 Å². The molecule has 0 aliphatic heterocycles. The van der Waals surface area contributed by atoms with Gasteiger partial charge in [0.25, 0.3) is 0 Å². The number of likely N-dealkylation sites (N-methyl/N-ethyl adjacent to an activating group) is 1. The molecule has 0 radical (unpaired) electrons. The molecule has 3 heteroatoms. The molecule has 1 rings (SSSR count). The van der Waals surface area contributed by atoms with Gasteiger partial charge in [-0.3, -0.25) is 4.90 Å². The lowest BCUT2D eigenvalue weighted by Crippen LogP contribution is -2.32. The molecule has 2 nitrogen and oxygen atoms in total. The molecule has 1 aromatic carbocycles. The molecule has 1 aromatic rings. The van der Waals surface area contributed by atoms with Crippen LogP contribution in [0.3, 0.4) is 0 Å². The average molecular weight is 264 g/mol. The first kappa shape index (κ1) is 15.1. The normalized spacial score (nSPS) is 10.8. The Kier molecular flexibility index (Phi) is 5.76. The summed E-state index contributed by atoms with van der Waals surface area (Å²) < 4.78 is 0. The van der Waals surface area contributed by atoms with E-state index in [1.165, 1.54) is 16.7 Å². The van der Waals surface area contributed by atoms with Gasteiger partial charge >= 0.3 is 0 Å². The highest BCUT2D eigenvalue weighted by atomic mass is 32.1. The molecule has 18 heavy (non-hydrogen) atoms. The number of thiocarbonyl (C=S) groups is 1. The topological polar surface area (TPSA) is 15.3 Å². The van der Waals surface area contributed by atoms with Crippen molar-refractivity contribution in [2.75, 3.05) is 25.0 Å². The molecule has 0 spiro atoms. The van der Waals surface area contributed by atoms with E-state index in [4.69, 9.17) is 12.2 Å². The molecule has 0 fully saturated rings. The number of nitrogens with one attached hydrogen (secondary N) is 1. The van der Waals surface area contributed by atoms with Crippen molar-refractivity contribution in [3.8, 4) is 0 Å². The fraction of sp³-hybridized carbons (Fsp3) is 0.533. The largest absolute Gasteiger partial charge is 0.349 e. The minimum atomic E-state index is 0.828. The van der Waals surface area contributed by atoms with Gasteiger partial charge in [-0.15, -0.1) is 0 Å². The summed E-state index contributed by atoms with van der Waals surface area (Å²) in [6.45, 7) is 13.6. The molecule has 0 saturated carbocycles. The van der Waals surface area contributed by atoms with Gasteiger partial charge in [0.15, 0.2) is 0 Å². The molecule has 0 unspecified atom stereocenters. The van der Waals surface area contributed by atoms with Crippen LogP contribution in [0.2, 0.25) is 0 Å². The number of hydrogen-bond donors (Lipinski definition) is 1. The number of aryl methyl sites for hydroxylation is 3. The maximum atomic E-state index is 5.44. The predicted molar refractivity (Wildman–Crippen MR) is 84.7 cm³/mol. The Morgan fingerprint density at radius 1 is 1.11 bits per heavy atom. The Bertz CT molecular complexity index is 399. The van der Waals surface area contributed by atoms with Crippen molar-refractivity contribution in [1.29, 1.82) is 0 Å². The monoisotopic (exact) mass is 264 g/mol. The summed E-state index contributed by atoms with van der Waals surface area (Å²) in [5.41, 5.74) is 4.98. The molecule has 0 saturated heterocycles. The van der Waals surface area contributed by atoms with Crippen LogP contribution in [0.15, 0.2) is 12.1 Å². The molecule has 0 aliphatic carbocycles. The first-order valence-corrected chi connectivity index (χ1v) is 6.98. The van der Waals surface area contributed by atoms with Crippen LogP contribution in [-0.2, 0) is 0 Å². The third-order valence-corrected chi connectivity index (χ3v) is 3.43. The summed E-state index contributed by atoms with van der Waals surface area (Å²) in [7, 11) is 0. The van der Waals surface area contributed by atoms with E-state index in [-0.39, 0.29) is 0 Å². The first-order valence-electron chi connectivity index (χ1n) is 6.58. The van der Waals surface area contributed by atoms with Crippen molar-refractivity contribution < 1.29 is 0 Å². The summed E-state index contributed by atoms with van der Waals surface area (Å²) in [4.78, 5) is 3.21. The molecule has 0 bridgehead atoms. The lowest BCUT2D eigenvalue weighted by atomic mass is 10.1. The van der Waals surface area contributed by atoms with Crippen LogP contribution >= 0.6 is 12.2 Å². The summed E-state index contributed by atoms with van der Waals surface area (Å²) >= 11 is 5.44. The second-order valence-electron chi connectivity index (χ2n) is 4.78. The standard InChI is InChI=1S/C15H24N2S/c1-6-17(7-2)10-14(18)16-15-12(4)8-11(3)9-13(15)5/h8-9H,6-7,10H2,1-5H3,(H,16,18). The first-order chi connectivity index (χ1) is 8.47. The van der Waals surface area contributed by atoms with Crippen molar-refractivity contribution in [3.63, 3.8) is 0 Å². The Morgan fingerprint density at radius 2 is 1.61 bits per heavy atom. The molecular weight excluding hydrogens is 240 g/mol. The Labute approximate surface area is 116 Å². The van der Waals surface area contributed by atoms with Crippen molar-refractivity contribution in [1.82, 2.24) is 4.90 Å². The summed E-state index contributed by atoms with van der Waals surface area (Å²) in [6, 6.07) is 4.38. The average Bonchev–Trinajstić information content (AvgIpc) is 2.30. The van der Waals surface area contributed by atoms with Crippen LogP contribution < -0.4 is 5.32 Å². The molecular formula is C15H24N2S. The van der Waals surface area contributed by atoms with E-state index in [1.54, 1.807) is 0 Å². The van der Waals surface area contributed by atoms with Gasteiger partial charge in [0, 0.05) is 12.2 Å². The summed E-state index contributed by atoms with van der Waals surface area (Å²) in [5.74, 6) is 0. The highest BCUT2D eigenvalue weighted by Crippen LogP contribution is 2.22. The molecule has 100 valence electrons. The second kappa shape index (κ2) is 6.86. The molecule has 0 aliphatic rings. The van der Waals surface area contributed by atoms with E-state index in [1.807, 2.05) is 0 Å². The number of hydrogen-bond acceptors (Lipinski definition) is 2. The van der Waals surface area contributed by atoms with E-state index in [2.05, 4.69) is 57.0 Å². The zero-order chi connectivity index (χ0) is 13.7. The van der Waals surface area contributed by atoms with Crippen LogP contribution in [-0.4, -0.2) is 29.5 Å². The number of anilines is 1. The predicted octanol–water partition coefficient (Wildman–Crippen LogP) is 3.69. The van der Waals surface area contributed by atoms with Gasteiger partial charge in [-0.2, -0.15) is 0 Å². The lowest BCUT2D eigenvalue weighted by molar-refractivity contribution is 0.348. The smallest absolute Gasteiger partial charge is 0.0940 e. The highest BCUT2D eigenvalue weighted by molar-refractivity contribution is 7.80. The fourth-order valence-electron chi connectivity index (χ4n) is 2.21. The van der Waals surface area contributed by atoms with Crippen molar-refractivity contribution >= 4 is 22.9 Å². The van der Waals surface area contributed by atoms with Crippen molar-refractivity contribution in [2.24, 2.45) is 0 Å². The van der Waals surface area contributed by atoms with Crippen LogP contribution in [0.25, 0.3) is 0 Å². The van der Waals surface area contributed by atoms with E-state index in [9.17, 15) is 0 Å². The van der Waals surface area contributed by atoms with Gasteiger partial charge in [0.1, 0.15) is 0 Å². The maximum Gasteiger partial charge on any atom is 0.0940 e. The van der Waals surface area contributed by atoms with Gasteiger partial charge < -0.3 is 5.32 Å². The fourth-order valence-corrected chi connectivity index (χ4v) is 2.49. The third kappa shape index (κ3) is 4.07. The second-order valence-corrected chi connectivity index (χ2v) is 5.28. The Morgan fingerprint density at radius 3 is 2.06 bits per heavy atom. The minimum absolute atomic E-state index is 0.828. The quantitative estimate of drug-likeness (QED) is 0.817. The number of benzene rings is 1. The molecule has 0 heterocycles. The van der Waals surface area contributed by atoms with Crippen LogP contribution in [0, 0.1) is 20.8 Å². The molecule has 0 amide bonds. The number of rotatable bonds is 5. The maximum absolute atomic E-state index is 5.44. The van der Waals surface area contributed by atoms with Crippen LogP contribution in [0.5, 0.6) is 0 Å². The number of nitrogens with zero attached hydrogens (tertiary/aromatic N) is 1. The summed E-state index contributed by atoms with van der Waals surface area (Å²) in [6.07, 6.45) is 0. The van der Waals surface area contributed by atoms with Gasteiger partial charge in [0.2, 0.25) is 0 Å². The van der Waals surface area contributed by atoms with Crippen molar-refractivity contribution in [3.05, 3.63) is 28.8 Å². The van der Waals surface area contributed by atoms with Crippen LogP contribution in [0.1, 0.15) is 30.5 Å².